The van der Waals surface area contributed by atoms with E-state index in [0.717, 1.165) is 18.4 Å². The van der Waals surface area contributed by atoms with Crippen LogP contribution in [0.2, 0.25) is 0 Å². The fraction of sp³-hybridized carbons (Fsp3) is 0.333. The second-order valence-electron chi connectivity index (χ2n) is 5.32. The molecule has 2 N–H and O–H groups in total. The molecule has 8 heteroatoms. The van der Waals surface area contributed by atoms with Crippen LogP contribution in [0.25, 0.3) is 0 Å². The highest BCUT2D eigenvalue weighted by Crippen LogP contribution is 2.26. The van der Waals surface area contributed by atoms with Crippen molar-refractivity contribution in [3.63, 3.8) is 0 Å². The topological polar surface area (TPSA) is 84.0 Å². The third kappa shape index (κ3) is 4.77. The molecule has 0 saturated heterocycles. The van der Waals surface area contributed by atoms with Crippen LogP contribution < -0.4 is 10.6 Å². The zero-order valence-corrected chi connectivity index (χ0v) is 14.2. The lowest BCUT2D eigenvalue weighted by Crippen LogP contribution is -2.26. The molecule has 2 amide bonds. The lowest BCUT2D eigenvalue weighted by molar-refractivity contribution is -0.118. The van der Waals surface area contributed by atoms with Gasteiger partial charge in [0.25, 0.3) is 5.91 Å². The Labute approximate surface area is 142 Å². The van der Waals surface area contributed by atoms with Gasteiger partial charge in [0, 0.05) is 11.6 Å². The molecule has 0 bridgehead atoms. The molecule has 0 atom stereocenters. The molecule has 1 aromatic carbocycles. The molecule has 1 aromatic heterocycles. The first kappa shape index (κ1) is 15.9. The maximum atomic E-state index is 12.1. The number of hydrogen-bond donors (Lipinski definition) is 2. The Bertz CT molecular complexity index is 711. The van der Waals surface area contributed by atoms with Gasteiger partial charge in [-0.3, -0.25) is 14.9 Å². The largest absolute Gasteiger partial charge is 0.353 e. The van der Waals surface area contributed by atoms with Gasteiger partial charge >= 0.3 is 0 Å². The molecule has 23 heavy (non-hydrogen) atoms. The number of nitrogens with zero attached hydrogens (tertiary/aromatic N) is 2. The zero-order valence-electron chi connectivity index (χ0n) is 12.5. The summed E-state index contributed by atoms with van der Waals surface area (Å²) in [5.41, 5.74) is 1.67. The normalized spacial score (nSPS) is 13.6. The van der Waals surface area contributed by atoms with Crippen molar-refractivity contribution in [3.8, 4) is 0 Å². The van der Waals surface area contributed by atoms with Crippen molar-refractivity contribution in [1.82, 2.24) is 15.5 Å². The molecular weight excluding hydrogens is 332 g/mol. The molecule has 3 rings (SSSR count). The molecule has 0 radical (unpaired) electrons. The van der Waals surface area contributed by atoms with Crippen LogP contribution in [-0.4, -0.2) is 33.8 Å². The van der Waals surface area contributed by atoms with Crippen LogP contribution in [0.3, 0.4) is 0 Å². The molecule has 1 fully saturated rings. The minimum absolute atomic E-state index is 0.0120. The quantitative estimate of drug-likeness (QED) is 0.619. The van der Waals surface area contributed by atoms with E-state index in [0.29, 0.717) is 26.8 Å². The van der Waals surface area contributed by atoms with Gasteiger partial charge in [0.1, 0.15) is 0 Å². The number of amides is 2. The Balaban J connectivity index is 1.51. The fourth-order valence-corrected chi connectivity index (χ4v) is 3.38. The number of aryl methyl sites for hydroxylation is 1. The Morgan fingerprint density at radius 1 is 1.26 bits per heavy atom. The molecule has 120 valence electrons. The highest BCUT2D eigenvalue weighted by molar-refractivity contribution is 8.01. The van der Waals surface area contributed by atoms with E-state index >= 15 is 0 Å². The summed E-state index contributed by atoms with van der Waals surface area (Å²) in [5, 5.41) is 14.0. The molecule has 0 aliphatic heterocycles. The van der Waals surface area contributed by atoms with Crippen LogP contribution in [0.1, 0.15) is 28.8 Å². The van der Waals surface area contributed by atoms with Crippen molar-refractivity contribution in [2.24, 2.45) is 0 Å². The molecule has 1 heterocycles. The van der Waals surface area contributed by atoms with Crippen LogP contribution in [0.4, 0.5) is 5.13 Å². The number of carbonyl (C=O) groups is 2. The lowest BCUT2D eigenvalue weighted by atomic mass is 10.1. The predicted molar refractivity (Wildman–Crippen MR) is 90.9 cm³/mol. The van der Waals surface area contributed by atoms with E-state index in [1.807, 2.05) is 19.1 Å². The molecule has 2 aromatic rings. The maximum absolute atomic E-state index is 12.1. The molecule has 1 saturated carbocycles. The fourth-order valence-electron chi connectivity index (χ4n) is 1.82. The number of nitrogens with one attached hydrogen (secondary N) is 2. The molecule has 1 aliphatic carbocycles. The second kappa shape index (κ2) is 7.10. The van der Waals surface area contributed by atoms with Crippen LogP contribution in [0.5, 0.6) is 0 Å². The van der Waals surface area contributed by atoms with E-state index in [-0.39, 0.29) is 11.8 Å². The van der Waals surface area contributed by atoms with E-state index < -0.39 is 0 Å². The smallest absolute Gasteiger partial charge is 0.257 e. The van der Waals surface area contributed by atoms with Gasteiger partial charge in [-0.1, -0.05) is 40.8 Å². The molecule has 0 unspecified atom stereocenters. The summed E-state index contributed by atoms with van der Waals surface area (Å²) < 4.78 is 0.662. The van der Waals surface area contributed by atoms with Crippen LogP contribution >= 0.6 is 23.1 Å². The standard InChI is InChI=1S/C15H16N4O2S2/c1-9-2-4-10(5-3-9)13(21)17-14-18-19-15(23-14)22-8-12(20)16-11-6-7-11/h2-5,11H,6-8H2,1H3,(H,16,20)(H,17,18,21). The second-order valence-corrected chi connectivity index (χ2v) is 7.52. The number of hydrogen-bond acceptors (Lipinski definition) is 6. The lowest BCUT2D eigenvalue weighted by Gasteiger charge is -2.01. The maximum Gasteiger partial charge on any atom is 0.257 e. The van der Waals surface area contributed by atoms with Crippen molar-refractivity contribution < 1.29 is 9.59 Å². The molecule has 6 nitrogen and oxygen atoms in total. The van der Waals surface area contributed by atoms with Crippen molar-refractivity contribution in [1.29, 1.82) is 0 Å². The average molecular weight is 348 g/mol. The van der Waals surface area contributed by atoms with Gasteiger partial charge in [0.05, 0.1) is 5.75 Å². The predicted octanol–water partition coefficient (Wildman–Crippen LogP) is 2.47. The first-order chi connectivity index (χ1) is 11.1. The minimum atomic E-state index is -0.218. The first-order valence-corrected chi connectivity index (χ1v) is 9.04. The number of benzene rings is 1. The van der Waals surface area contributed by atoms with E-state index in [1.54, 1.807) is 12.1 Å². The molecule has 1 aliphatic rings. The Morgan fingerprint density at radius 2 is 2.00 bits per heavy atom. The van der Waals surface area contributed by atoms with Gasteiger partial charge in [0.15, 0.2) is 4.34 Å². The van der Waals surface area contributed by atoms with E-state index in [2.05, 4.69) is 20.8 Å². The van der Waals surface area contributed by atoms with Crippen LogP contribution in [0, 0.1) is 6.92 Å². The summed E-state index contributed by atoms with van der Waals surface area (Å²) in [5.74, 6) is 0.110. The summed E-state index contributed by atoms with van der Waals surface area (Å²) in [4.78, 5) is 23.7. The number of rotatable bonds is 6. The highest BCUT2D eigenvalue weighted by Gasteiger charge is 2.23. The van der Waals surface area contributed by atoms with E-state index in [4.69, 9.17) is 0 Å². The van der Waals surface area contributed by atoms with Gasteiger partial charge in [-0.15, -0.1) is 10.2 Å². The van der Waals surface area contributed by atoms with E-state index in [9.17, 15) is 9.59 Å². The molecular formula is C15H16N4O2S2. The summed E-state index contributed by atoms with van der Waals surface area (Å²) in [6, 6.07) is 7.67. The highest BCUT2D eigenvalue weighted by atomic mass is 32.2. The van der Waals surface area contributed by atoms with Crippen molar-refractivity contribution in [2.75, 3.05) is 11.1 Å². The van der Waals surface area contributed by atoms with Gasteiger partial charge in [-0.05, 0) is 31.9 Å². The Hall–Kier alpha value is -1.93. The summed E-state index contributed by atoms with van der Waals surface area (Å²) in [6.07, 6.45) is 2.15. The van der Waals surface area contributed by atoms with Gasteiger partial charge in [0.2, 0.25) is 11.0 Å². The zero-order chi connectivity index (χ0) is 16.2. The molecule has 0 spiro atoms. The van der Waals surface area contributed by atoms with Gasteiger partial charge < -0.3 is 5.32 Å². The Morgan fingerprint density at radius 3 is 2.70 bits per heavy atom. The minimum Gasteiger partial charge on any atom is -0.353 e. The SMILES string of the molecule is Cc1ccc(C(=O)Nc2nnc(SCC(=O)NC3CC3)s2)cc1. The summed E-state index contributed by atoms with van der Waals surface area (Å²) in [7, 11) is 0. The van der Waals surface area contributed by atoms with Crippen LogP contribution in [0.15, 0.2) is 28.6 Å². The van der Waals surface area contributed by atoms with Crippen molar-refractivity contribution in [2.45, 2.75) is 30.1 Å². The average Bonchev–Trinajstić information content (AvgIpc) is 3.23. The number of carbonyl (C=O) groups excluding carboxylic acids is 2. The van der Waals surface area contributed by atoms with Crippen molar-refractivity contribution in [3.05, 3.63) is 35.4 Å². The number of aromatic nitrogens is 2. The summed E-state index contributed by atoms with van der Waals surface area (Å²) in [6.45, 7) is 1.97. The van der Waals surface area contributed by atoms with E-state index in [1.165, 1.54) is 23.1 Å². The first-order valence-electron chi connectivity index (χ1n) is 7.24. The Kier molecular flexibility index (Phi) is 4.92. The third-order valence-corrected chi connectivity index (χ3v) is 5.18. The number of anilines is 1. The van der Waals surface area contributed by atoms with Gasteiger partial charge in [-0.2, -0.15) is 0 Å². The third-order valence-electron chi connectivity index (χ3n) is 3.21. The number of thioether (sulfide) groups is 1. The van der Waals surface area contributed by atoms with Crippen LogP contribution in [-0.2, 0) is 4.79 Å². The van der Waals surface area contributed by atoms with Gasteiger partial charge in [-0.25, -0.2) is 0 Å². The monoisotopic (exact) mass is 348 g/mol. The summed E-state index contributed by atoms with van der Waals surface area (Å²) >= 11 is 2.59. The van der Waals surface area contributed by atoms with Crippen molar-refractivity contribution >= 4 is 40.0 Å².